The summed E-state index contributed by atoms with van der Waals surface area (Å²) in [4.78, 5) is 3.52. The fourth-order valence-electron chi connectivity index (χ4n) is 1.49. The van der Waals surface area contributed by atoms with E-state index in [2.05, 4.69) is 4.98 Å². The van der Waals surface area contributed by atoms with E-state index in [1.807, 2.05) is 0 Å². The lowest BCUT2D eigenvalue weighted by Gasteiger charge is -2.10. The molecule has 0 N–H and O–H groups in total. The van der Waals surface area contributed by atoms with Crippen LogP contribution in [0.5, 0.6) is 0 Å². The van der Waals surface area contributed by atoms with Crippen molar-refractivity contribution in [3.8, 4) is 11.3 Å². The molecule has 106 valence electrons. The number of nitrogens with zero attached hydrogens (tertiary/aromatic N) is 1. The molecule has 0 bridgehead atoms. The van der Waals surface area contributed by atoms with E-state index in [1.54, 1.807) is 0 Å². The van der Waals surface area contributed by atoms with Crippen LogP contribution in [0.1, 0.15) is 5.69 Å². The lowest BCUT2D eigenvalue weighted by Crippen LogP contribution is -2.08. The molecule has 20 heavy (non-hydrogen) atoms. The average molecular weight is 361 g/mol. The second-order valence-electron chi connectivity index (χ2n) is 3.81. The van der Waals surface area contributed by atoms with Crippen molar-refractivity contribution in [3.63, 3.8) is 0 Å². The van der Waals surface area contributed by atoms with Gasteiger partial charge in [0.1, 0.15) is 5.69 Å². The van der Waals surface area contributed by atoms with Crippen molar-refractivity contribution in [3.05, 3.63) is 50.0 Å². The van der Waals surface area contributed by atoms with E-state index in [0.717, 1.165) is 6.07 Å². The van der Waals surface area contributed by atoms with Crippen LogP contribution in [-0.4, -0.2) is 4.98 Å². The number of hydrogen-bond acceptors (Lipinski definition) is 1. The molecule has 1 heterocycles. The van der Waals surface area contributed by atoms with Gasteiger partial charge in [-0.1, -0.05) is 46.4 Å². The van der Waals surface area contributed by atoms with Crippen molar-refractivity contribution < 1.29 is 13.2 Å². The van der Waals surface area contributed by atoms with Crippen LogP contribution in [0.2, 0.25) is 20.1 Å². The first-order valence-electron chi connectivity index (χ1n) is 5.08. The highest BCUT2D eigenvalue weighted by atomic mass is 35.5. The number of pyridine rings is 1. The van der Waals surface area contributed by atoms with Crippen LogP contribution in [0.3, 0.4) is 0 Å². The van der Waals surface area contributed by atoms with Gasteiger partial charge in [0.05, 0.1) is 20.8 Å². The van der Waals surface area contributed by atoms with Crippen molar-refractivity contribution in [1.82, 2.24) is 4.98 Å². The normalized spacial score (nSPS) is 11.8. The predicted octanol–water partition coefficient (Wildman–Crippen LogP) is 6.38. The van der Waals surface area contributed by atoms with Gasteiger partial charge in [0.2, 0.25) is 0 Å². The minimum atomic E-state index is -4.60. The second kappa shape index (κ2) is 5.60. The fourth-order valence-corrected chi connectivity index (χ4v) is 2.30. The minimum absolute atomic E-state index is 0.00490. The third-order valence-electron chi connectivity index (χ3n) is 2.36. The smallest absolute Gasteiger partial charge is 0.243 e. The summed E-state index contributed by atoms with van der Waals surface area (Å²) in [5.41, 5.74) is -0.801. The van der Waals surface area contributed by atoms with Gasteiger partial charge < -0.3 is 0 Å². The van der Waals surface area contributed by atoms with Crippen molar-refractivity contribution in [2.45, 2.75) is 6.18 Å². The first-order chi connectivity index (χ1) is 9.18. The molecule has 0 fully saturated rings. The second-order valence-corrected chi connectivity index (χ2v) is 5.44. The summed E-state index contributed by atoms with van der Waals surface area (Å²) in [5, 5.41) is 0.258. The maximum atomic E-state index is 12.7. The molecule has 0 unspecified atom stereocenters. The van der Waals surface area contributed by atoms with E-state index < -0.39 is 11.9 Å². The molecule has 0 aliphatic carbocycles. The Balaban J connectivity index is 2.61. The maximum absolute atomic E-state index is 12.7. The van der Waals surface area contributed by atoms with Crippen LogP contribution in [-0.2, 0) is 6.18 Å². The number of benzene rings is 1. The minimum Gasteiger partial charge on any atom is -0.243 e. The summed E-state index contributed by atoms with van der Waals surface area (Å²) < 4.78 is 38.1. The molecule has 0 radical (unpaired) electrons. The molecule has 2 aromatic rings. The zero-order chi connectivity index (χ0) is 15.1. The van der Waals surface area contributed by atoms with Gasteiger partial charge in [-0.05, 0) is 24.3 Å². The molecule has 1 nitrogen and oxygen atoms in total. The van der Waals surface area contributed by atoms with E-state index >= 15 is 0 Å². The Hall–Kier alpha value is -0.680. The van der Waals surface area contributed by atoms with E-state index in [1.165, 1.54) is 18.2 Å². The largest absolute Gasteiger partial charge is 0.433 e. The molecule has 2 rings (SSSR count). The van der Waals surface area contributed by atoms with Crippen LogP contribution in [0.4, 0.5) is 13.2 Å². The molecule has 0 saturated heterocycles. The molecule has 1 aromatic heterocycles. The van der Waals surface area contributed by atoms with Gasteiger partial charge in [0.15, 0.2) is 0 Å². The average Bonchev–Trinajstić information content (AvgIpc) is 2.33. The van der Waals surface area contributed by atoms with Crippen LogP contribution in [0, 0.1) is 0 Å². The maximum Gasteiger partial charge on any atom is 0.433 e. The summed E-state index contributed by atoms with van der Waals surface area (Å²) in [6.07, 6.45) is -4.60. The molecule has 0 spiro atoms. The molecule has 0 amide bonds. The molecule has 8 heteroatoms. The summed E-state index contributed by atoms with van der Waals surface area (Å²) in [6.45, 7) is 0. The van der Waals surface area contributed by atoms with Crippen LogP contribution in [0.15, 0.2) is 24.3 Å². The van der Waals surface area contributed by atoms with Gasteiger partial charge in [-0.25, -0.2) is 4.98 Å². The van der Waals surface area contributed by atoms with E-state index in [4.69, 9.17) is 46.4 Å². The first-order valence-corrected chi connectivity index (χ1v) is 6.59. The highest BCUT2D eigenvalue weighted by Gasteiger charge is 2.33. The van der Waals surface area contributed by atoms with Gasteiger partial charge in [-0.2, -0.15) is 13.2 Å². The fraction of sp³-hybridized carbons (Fsp3) is 0.0833. The lowest BCUT2D eigenvalue weighted by atomic mass is 10.1. The zero-order valence-corrected chi connectivity index (χ0v) is 12.4. The van der Waals surface area contributed by atoms with E-state index in [-0.39, 0.29) is 31.3 Å². The van der Waals surface area contributed by atoms with Crippen LogP contribution < -0.4 is 0 Å². The highest BCUT2D eigenvalue weighted by molar-refractivity contribution is 6.48. The molecule has 0 aliphatic rings. The topological polar surface area (TPSA) is 12.9 Å². The first kappa shape index (κ1) is 15.7. The Labute approximate surface area is 132 Å². The lowest BCUT2D eigenvalue weighted by molar-refractivity contribution is -0.141. The zero-order valence-electron chi connectivity index (χ0n) is 9.40. The van der Waals surface area contributed by atoms with Gasteiger partial charge in [0, 0.05) is 10.6 Å². The van der Waals surface area contributed by atoms with Crippen molar-refractivity contribution >= 4 is 46.4 Å². The molecule has 0 aliphatic heterocycles. The molecule has 0 saturated carbocycles. The van der Waals surface area contributed by atoms with Gasteiger partial charge >= 0.3 is 6.18 Å². The Bertz CT molecular complexity index is 647. The van der Waals surface area contributed by atoms with Gasteiger partial charge in [-0.15, -0.1) is 0 Å². The summed E-state index contributed by atoms with van der Waals surface area (Å²) in [7, 11) is 0. The van der Waals surface area contributed by atoms with Crippen LogP contribution >= 0.6 is 46.4 Å². The number of hydrogen-bond donors (Lipinski definition) is 0. The molecule has 1 aromatic carbocycles. The number of halogens is 7. The van der Waals surface area contributed by atoms with Crippen molar-refractivity contribution in [2.24, 2.45) is 0 Å². The number of aromatic nitrogens is 1. The summed E-state index contributed by atoms with van der Waals surface area (Å²) >= 11 is 23.1. The Morgan fingerprint density at radius 2 is 1.40 bits per heavy atom. The van der Waals surface area contributed by atoms with Gasteiger partial charge in [0.25, 0.3) is 0 Å². The molecular formula is C12H4Cl4F3N. The van der Waals surface area contributed by atoms with E-state index in [9.17, 15) is 13.2 Å². The van der Waals surface area contributed by atoms with E-state index in [0.29, 0.717) is 0 Å². The van der Waals surface area contributed by atoms with Crippen molar-refractivity contribution in [2.75, 3.05) is 0 Å². The Morgan fingerprint density at radius 3 is 1.90 bits per heavy atom. The Kier molecular flexibility index (Phi) is 4.40. The molecular weight excluding hydrogens is 357 g/mol. The molecule has 0 atom stereocenters. The number of rotatable bonds is 1. The summed E-state index contributed by atoms with van der Waals surface area (Å²) in [5.74, 6) is 0. The monoisotopic (exact) mass is 359 g/mol. The van der Waals surface area contributed by atoms with Gasteiger partial charge in [-0.3, -0.25) is 0 Å². The number of alkyl halides is 3. The van der Waals surface area contributed by atoms with Crippen LogP contribution in [0.25, 0.3) is 11.3 Å². The predicted molar refractivity (Wildman–Crippen MR) is 74.7 cm³/mol. The SMILES string of the molecule is FC(F)(F)c1cc(Cl)cc(-c2cc(Cl)c(Cl)c(Cl)c2)n1. The third kappa shape index (κ3) is 3.31. The quantitative estimate of drug-likeness (QED) is 0.537. The Morgan fingerprint density at radius 1 is 0.850 bits per heavy atom. The van der Waals surface area contributed by atoms with Crippen molar-refractivity contribution in [1.29, 1.82) is 0 Å². The summed E-state index contributed by atoms with van der Waals surface area (Å²) in [6, 6.07) is 4.76. The highest BCUT2D eigenvalue weighted by Crippen LogP contribution is 2.37. The standard InChI is InChI=1S/C12H4Cl4F3N/c13-6-3-9(20-10(4-6)12(17,18)19)5-1-7(14)11(16)8(15)2-5/h1-4H. The third-order valence-corrected chi connectivity index (χ3v) is 3.78.